The van der Waals surface area contributed by atoms with E-state index in [1.165, 1.54) is 11.1 Å². The van der Waals surface area contributed by atoms with Gasteiger partial charge in [0, 0.05) is 36.0 Å². The van der Waals surface area contributed by atoms with Gasteiger partial charge in [0.15, 0.2) is 0 Å². The first-order chi connectivity index (χ1) is 13.1. The highest BCUT2D eigenvalue weighted by Crippen LogP contribution is 2.28. The lowest BCUT2D eigenvalue weighted by molar-refractivity contribution is -0.129. The first-order valence-electron chi connectivity index (χ1n) is 9.20. The molecular formula is C22H25Cl2N3OS. The van der Waals surface area contributed by atoms with Gasteiger partial charge >= 0.3 is 0 Å². The largest absolute Gasteiger partial charge is 0.340 e. The third-order valence-corrected chi connectivity index (χ3v) is 6.07. The van der Waals surface area contributed by atoms with Gasteiger partial charge in [0.2, 0.25) is 5.91 Å². The molecule has 2 aromatic carbocycles. The molecule has 0 radical (unpaired) electrons. The van der Waals surface area contributed by atoms with Crippen LogP contribution in [0.25, 0.3) is 10.6 Å². The summed E-state index contributed by atoms with van der Waals surface area (Å²) in [7, 11) is 0. The van der Waals surface area contributed by atoms with Crippen LogP contribution in [-0.2, 0) is 11.2 Å². The molecule has 0 bridgehead atoms. The maximum absolute atomic E-state index is 12.8. The van der Waals surface area contributed by atoms with Gasteiger partial charge in [-0.05, 0) is 12.5 Å². The minimum absolute atomic E-state index is 0. The van der Waals surface area contributed by atoms with E-state index in [1.54, 1.807) is 11.3 Å². The predicted molar refractivity (Wildman–Crippen MR) is 124 cm³/mol. The number of aromatic nitrogens is 1. The lowest BCUT2D eigenvalue weighted by Crippen LogP contribution is -2.33. The molecule has 1 aromatic heterocycles. The van der Waals surface area contributed by atoms with Crippen molar-refractivity contribution >= 4 is 42.1 Å². The Morgan fingerprint density at radius 3 is 2.48 bits per heavy atom. The average Bonchev–Trinajstić information content (AvgIpc) is 3.30. The molecule has 2 heterocycles. The van der Waals surface area contributed by atoms with Crippen molar-refractivity contribution in [2.75, 3.05) is 13.1 Å². The summed E-state index contributed by atoms with van der Waals surface area (Å²) >= 11 is 1.58. The lowest BCUT2D eigenvalue weighted by atomic mass is 9.95. The highest BCUT2D eigenvalue weighted by molar-refractivity contribution is 7.13. The van der Waals surface area contributed by atoms with Crippen molar-refractivity contribution in [3.63, 3.8) is 0 Å². The highest BCUT2D eigenvalue weighted by Gasteiger charge is 2.33. The van der Waals surface area contributed by atoms with Crippen LogP contribution < -0.4 is 5.73 Å². The standard InChI is InChI=1S/C22H23N3OS.2ClH/c1-15-7-9-17(10-8-15)22-24-18(14-27-22)11-21(26)25-12-19(20(23)13-25)16-5-3-2-4-6-16;;/h2-10,14,19-20H,11-13,23H2,1H3;2*1H/t19-,20+;;/m0../s1. The van der Waals surface area contributed by atoms with Crippen LogP contribution in [0.2, 0.25) is 0 Å². The van der Waals surface area contributed by atoms with E-state index in [9.17, 15) is 4.79 Å². The summed E-state index contributed by atoms with van der Waals surface area (Å²) < 4.78 is 0. The van der Waals surface area contributed by atoms with Crippen LogP contribution in [0.3, 0.4) is 0 Å². The molecule has 1 fully saturated rings. The monoisotopic (exact) mass is 449 g/mol. The number of carbonyl (C=O) groups excluding carboxylic acids is 1. The molecule has 7 heteroatoms. The summed E-state index contributed by atoms with van der Waals surface area (Å²) in [5.74, 6) is 0.304. The minimum atomic E-state index is -0.0186. The van der Waals surface area contributed by atoms with Gasteiger partial charge in [-0.3, -0.25) is 4.79 Å². The van der Waals surface area contributed by atoms with Crippen LogP contribution in [0.5, 0.6) is 0 Å². The fourth-order valence-corrected chi connectivity index (χ4v) is 4.40. The SMILES string of the molecule is Cc1ccc(-c2nc(CC(=O)N3C[C@@H](N)[C@H](c4ccccc4)C3)cs2)cc1.Cl.Cl. The van der Waals surface area contributed by atoms with E-state index in [2.05, 4.69) is 48.3 Å². The van der Waals surface area contributed by atoms with E-state index in [1.807, 2.05) is 28.5 Å². The molecule has 2 N–H and O–H groups in total. The van der Waals surface area contributed by atoms with Gasteiger partial charge in [-0.15, -0.1) is 36.2 Å². The molecule has 0 spiro atoms. The molecule has 154 valence electrons. The topological polar surface area (TPSA) is 59.2 Å². The van der Waals surface area contributed by atoms with E-state index in [0.717, 1.165) is 16.3 Å². The fraction of sp³-hybridized carbons (Fsp3) is 0.273. The molecule has 0 saturated carbocycles. The second-order valence-corrected chi connectivity index (χ2v) is 8.02. The van der Waals surface area contributed by atoms with Crippen LogP contribution in [0.1, 0.15) is 22.7 Å². The maximum Gasteiger partial charge on any atom is 0.228 e. The van der Waals surface area contributed by atoms with Crippen molar-refractivity contribution in [1.82, 2.24) is 9.88 Å². The van der Waals surface area contributed by atoms with Crippen LogP contribution >= 0.6 is 36.2 Å². The molecule has 1 saturated heterocycles. The van der Waals surface area contributed by atoms with E-state index >= 15 is 0 Å². The number of nitrogens with two attached hydrogens (primary N) is 1. The maximum atomic E-state index is 12.8. The van der Waals surface area contributed by atoms with E-state index in [4.69, 9.17) is 5.73 Å². The van der Waals surface area contributed by atoms with Crippen LogP contribution in [0.15, 0.2) is 60.0 Å². The predicted octanol–water partition coefficient (Wildman–Crippen LogP) is 4.46. The number of hydrogen-bond acceptors (Lipinski definition) is 4. The quantitative estimate of drug-likeness (QED) is 0.639. The van der Waals surface area contributed by atoms with Gasteiger partial charge < -0.3 is 10.6 Å². The smallest absolute Gasteiger partial charge is 0.228 e. The number of likely N-dealkylation sites (tertiary alicyclic amines) is 1. The number of benzene rings is 2. The summed E-state index contributed by atoms with van der Waals surface area (Å²) in [6.07, 6.45) is 0.330. The van der Waals surface area contributed by atoms with E-state index in [-0.39, 0.29) is 42.7 Å². The number of nitrogens with zero attached hydrogens (tertiary/aromatic N) is 2. The average molecular weight is 450 g/mol. The van der Waals surface area contributed by atoms with Gasteiger partial charge in [0.25, 0.3) is 0 Å². The van der Waals surface area contributed by atoms with Gasteiger partial charge in [-0.25, -0.2) is 4.98 Å². The molecule has 0 aliphatic carbocycles. The van der Waals surface area contributed by atoms with Crippen LogP contribution in [0, 0.1) is 6.92 Å². The summed E-state index contributed by atoms with van der Waals surface area (Å²) in [5.41, 5.74) is 10.7. The number of hydrogen-bond donors (Lipinski definition) is 1. The molecule has 1 aliphatic heterocycles. The van der Waals surface area contributed by atoms with Crippen molar-refractivity contribution in [1.29, 1.82) is 0 Å². The molecule has 1 aliphatic rings. The van der Waals surface area contributed by atoms with E-state index in [0.29, 0.717) is 19.5 Å². The van der Waals surface area contributed by atoms with Crippen LogP contribution in [-0.4, -0.2) is 34.9 Å². The van der Waals surface area contributed by atoms with Crippen LogP contribution in [0.4, 0.5) is 0 Å². The Morgan fingerprint density at radius 1 is 1.10 bits per heavy atom. The van der Waals surface area contributed by atoms with Crippen molar-refractivity contribution < 1.29 is 4.79 Å². The van der Waals surface area contributed by atoms with Gasteiger partial charge in [0.1, 0.15) is 5.01 Å². The number of halogens is 2. The first-order valence-corrected chi connectivity index (χ1v) is 10.1. The first kappa shape index (κ1) is 23.4. The summed E-state index contributed by atoms with van der Waals surface area (Å²) in [6.45, 7) is 3.35. The normalized spacial score (nSPS) is 18.1. The molecule has 4 rings (SSSR count). The molecular weight excluding hydrogens is 425 g/mol. The number of carbonyl (C=O) groups is 1. The Balaban J connectivity index is 0.00000150. The Bertz CT molecular complexity index is 931. The second-order valence-electron chi connectivity index (χ2n) is 7.17. The van der Waals surface area contributed by atoms with Gasteiger partial charge in [-0.2, -0.15) is 0 Å². The van der Waals surface area contributed by atoms with Gasteiger partial charge in [-0.1, -0.05) is 60.2 Å². The molecule has 29 heavy (non-hydrogen) atoms. The Morgan fingerprint density at radius 2 is 1.79 bits per heavy atom. The lowest BCUT2D eigenvalue weighted by Gasteiger charge is -2.16. The summed E-state index contributed by atoms with van der Waals surface area (Å²) in [5, 5.41) is 2.94. The Labute approximate surface area is 188 Å². The molecule has 2 atom stereocenters. The number of rotatable bonds is 4. The molecule has 3 aromatic rings. The fourth-order valence-electron chi connectivity index (χ4n) is 3.57. The Hall–Kier alpha value is -1.92. The number of amides is 1. The third-order valence-electron chi connectivity index (χ3n) is 5.13. The third kappa shape index (κ3) is 5.37. The van der Waals surface area contributed by atoms with Gasteiger partial charge in [0.05, 0.1) is 12.1 Å². The van der Waals surface area contributed by atoms with Crippen molar-refractivity contribution in [2.45, 2.75) is 25.3 Å². The van der Waals surface area contributed by atoms with Crippen molar-refractivity contribution in [2.24, 2.45) is 5.73 Å². The highest BCUT2D eigenvalue weighted by atomic mass is 35.5. The second kappa shape index (κ2) is 10.2. The molecule has 4 nitrogen and oxygen atoms in total. The number of thiazole rings is 1. The zero-order valence-electron chi connectivity index (χ0n) is 16.2. The summed E-state index contributed by atoms with van der Waals surface area (Å²) in [6, 6.07) is 18.5. The summed E-state index contributed by atoms with van der Waals surface area (Å²) in [4.78, 5) is 19.3. The molecule has 1 amide bonds. The minimum Gasteiger partial charge on any atom is -0.340 e. The zero-order valence-corrected chi connectivity index (χ0v) is 18.6. The number of aryl methyl sites for hydroxylation is 1. The van der Waals surface area contributed by atoms with E-state index < -0.39 is 0 Å². The van der Waals surface area contributed by atoms with Crippen molar-refractivity contribution in [3.8, 4) is 10.6 Å². The Kier molecular flexibility index (Phi) is 8.23. The van der Waals surface area contributed by atoms with Crippen molar-refractivity contribution in [3.05, 3.63) is 76.8 Å². The zero-order chi connectivity index (χ0) is 18.8. The molecule has 0 unspecified atom stereocenters.